The third-order valence-electron chi connectivity index (χ3n) is 5.16. The van der Waals surface area contributed by atoms with Gasteiger partial charge in [0, 0.05) is 56.5 Å². The molecule has 0 radical (unpaired) electrons. The van der Waals surface area contributed by atoms with Gasteiger partial charge in [0.1, 0.15) is 6.54 Å². The van der Waals surface area contributed by atoms with Crippen molar-refractivity contribution < 1.29 is 9.53 Å². The van der Waals surface area contributed by atoms with Crippen molar-refractivity contribution in [3.8, 4) is 0 Å². The Morgan fingerprint density at radius 1 is 1.21 bits per heavy atom. The van der Waals surface area contributed by atoms with Gasteiger partial charge in [-0.05, 0) is 25.0 Å². The molecule has 1 aromatic rings. The largest absolute Gasteiger partial charge is 0.379 e. The van der Waals surface area contributed by atoms with Crippen LogP contribution in [0.15, 0.2) is 40.2 Å². The molecule has 7 nitrogen and oxygen atoms in total. The number of amides is 1. The molecule has 1 saturated heterocycles. The minimum Gasteiger partial charge on any atom is -0.379 e. The van der Waals surface area contributed by atoms with E-state index in [9.17, 15) is 4.79 Å². The Labute approximate surface area is 178 Å². The second-order valence-corrected chi connectivity index (χ2v) is 9.33. The van der Waals surface area contributed by atoms with Crippen LogP contribution in [0.4, 0.5) is 0 Å². The molecule has 3 rings (SSSR count). The summed E-state index contributed by atoms with van der Waals surface area (Å²) in [5.41, 5.74) is 0. The highest BCUT2D eigenvalue weighted by Crippen LogP contribution is 2.51. The van der Waals surface area contributed by atoms with E-state index in [1.165, 1.54) is 17.7 Å². The summed E-state index contributed by atoms with van der Waals surface area (Å²) < 4.78 is 5.63. The summed E-state index contributed by atoms with van der Waals surface area (Å²) in [7, 11) is 3.51. The average molecular weight is 420 g/mol. The molecule has 0 spiro atoms. The van der Waals surface area contributed by atoms with Gasteiger partial charge in [0.2, 0.25) is 5.91 Å². The van der Waals surface area contributed by atoms with Crippen LogP contribution in [0.5, 0.6) is 0 Å². The standard InChI is InChI=1S/C21H33N5O2S/c1-25(2)19(27)16-23-20(22-10-11-26-12-14-28-15-13-26)24-17-21(8-9-21)29-18-6-4-3-5-7-18/h3-7H,8-17H2,1-2H3,(H2,22,23,24). The van der Waals surface area contributed by atoms with Crippen LogP contribution in [0.1, 0.15) is 12.8 Å². The van der Waals surface area contributed by atoms with E-state index >= 15 is 0 Å². The van der Waals surface area contributed by atoms with E-state index in [4.69, 9.17) is 4.74 Å². The van der Waals surface area contributed by atoms with E-state index in [1.54, 1.807) is 19.0 Å². The quantitative estimate of drug-likeness (QED) is 0.464. The number of carbonyl (C=O) groups is 1. The molecule has 1 aliphatic carbocycles. The minimum atomic E-state index is -0.000856. The highest BCUT2D eigenvalue weighted by Gasteiger charge is 2.43. The van der Waals surface area contributed by atoms with Gasteiger partial charge in [-0.15, -0.1) is 11.8 Å². The highest BCUT2D eigenvalue weighted by atomic mass is 32.2. The monoisotopic (exact) mass is 419 g/mol. The molecule has 1 aliphatic heterocycles. The number of rotatable bonds is 9. The van der Waals surface area contributed by atoms with Gasteiger partial charge in [-0.1, -0.05) is 18.2 Å². The molecule has 2 N–H and O–H groups in total. The van der Waals surface area contributed by atoms with Gasteiger partial charge in [-0.3, -0.25) is 9.69 Å². The van der Waals surface area contributed by atoms with Crippen LogP contribution in [0.2, 0.25) is 0 Å². The topological polar surface area (TPSA) is 69.2 Å². The van der Waals surface area contributed by atoms with Gasteiger partial charge in [-0.2, -0.15) is 0 Å². The lowest BCUT2D eigenvalue weighted by Gasteiger charge is -2.27. The zero-order chi connectivity index (χ0) is 20.5. The van der Waals surface area contributed by atoms with Gasteiger partial charge in [0.25, 0.3) is 0 Å². The predicted octanol–water partition coefficient (Wildman–Crippen LogP) is 1.27. The van der Waals surface area contributed by atoms with Crippen molar-refractivity contribution >= 4 is 23.6 Å². The summed E-state index contributed by atoms with van der Waals surface area (Å²) in [5, 5.41) is 6.88. The second kappa shape index (κ2) is 10.8. The number of guanidine groups is 1. The Morgan fingerprint density at radius 2 is 1.93 bits per heavy atom. The third-order valence-corrected chi connectivity index (χ3v) is 6.65. The van der Waals surface area contributed by atoms with Crippen LogP contribution in [-0.2, 0) is 9.53 Å². The number of benzene rings is 1. The Morgan fingerprint density at radius 3 is 2.59 bits per heavy atom. The molecule has 1 aromatic carbocycles. The molecule has 0 bridgehead atoms. The molecule has 160 valence electrons. The lowest BCUT2D eigenvalue weighted by Crippen LogP contribution is -2.46. The van der Waals surface area contributed by atoms with Crippen molar-refractivity contribution in [1.29, 1.82) is 0 Å². The van der Waals surface area contributed by atoms with E-state index in [2.05, 4.69) is 44.8 Å². The Balaban J connectivity index is 1.51. The SMILES string of the molecule is CN(C)C(=O)CN=C(NCCN1CCOCC1)NCC1(Sc2ccccc2)CC1. The normalized spacial score (nSPS) is 18.9. The lowest BCUT2D eigenvalue weighted by molar-refractivity contribution is -0.127. The maximum atomic E-state index is 12.0. The maximum Gasteiger partial charge on any atom is 0.243 e. The highest BCUT2D eigenvalue weighted by molar-refractivity contribution is 8.01. The zero-order valence-corrected chi connectivity index (χ0v) is 18.3. The first-order chi connectivity index (χ1) is 14.1. The van der Waals surface area contributed by atoms with E-state index < -0.39 is 0 Å². The fourth-order valence-electron chi connectivity index (χ4n) is 3.06. The molecule has 2 aliphatic rings. The van der Waals surface area contributed by atoms with Crippen LogP contribution >= 0.6 is 11.8 Å². The van der Waals surface area contributed by atoms with Crippen LogP contribution in [-0.4, -0.2) is 93.0 Å². The average Bonchev–Trinajstić information content (AvgIpc) is 3.50. The second-order valence-electron chi connectivity index (χ2n) is 7.79. The van der Waals surface area contributed by atoms with Gasteiger partial charge >= 0.3 is 0 Å². The Bertz CT molecular complexity index is 673. The first-order valence-corrected chi connectivity index (χ1v) is 11.1. The number of ether oxygens (including phenoxy) is 1. The smallest absolute Gasteiger partial charge is 0.243 e. The summed E-state index contributed by atoms with van der Waals surface area (Å²) in [6.07, 6.45) is 2.38. The number of hydrogen-bond donors (Lipinski definition) is 2. The number of nitrogens with zero attached hydrogens (tertiary/aromatic N) is 3. The summed E-state index contributed by atoms with van der Waals surface area (Å²) >= 11 is 1.93. The van der Waals surface area contributed by atoms with E-state index in [-0.39, 0.29) is 17.2 Å². The molecule has 1 saturated carbocycles. The molecule has 8 heteroatoms. The lowest BCUT2D eigenvalue weighted by atomic mass is 10.4. The molecule has 29 heavy (non-hydrogen) atoms. The van der Waals surface area contributed by atoms with Crippen LogP contribution in [0, 0.1) is 0 Å². The van der Waals surface area contributed by atoms with Crippen molar-refractivity contribution in [2.45, 2.75) is 22.5 Å². The van der Waals surface area contributed by atoms with Crippen molar-refractivity contribution in [3.63, 3.8) is 0 Å². The van der Waals surface area contributed by atoms with E-state index in [0.29, 0.717) is 5.96 Å². The van der Waals surface area contributed by atoms with Crippen LogP contribution < -0.4 is 10.6 Å². The fourth-order valence-corrected chi connectivity index (χ4v) is 4.30. The van der Waals surface area contributed by atoms with Crippen LogP contribution in [0.25, 0.3) is 0 Å². The molecule has 1 amide bonds. The van der Waals surface area contributed by atoms with Crippen molar-refractivity contribution in [2.24, 2.45) is 4.99 Å². The number of nitrogens with one attached hydrogen (secondary N) is 2. The summed E-state index contributed by atoms with van der Waals surface area (Å²) in [6, 6.07) is 10.5. The molecule has 2 fully saturated rings. The Kier molecular flexibility index (Phi) is 8.20. The molecule has 1 heterocycles. The zero-order valence-electron chi connectivity index (χ0n) is 17.5. The van der Waals surface area contributed by atoms with Crippen molar-refractivity contribution in [3.05, 3.63) is 30.3 Å². The molecule has 0 atom stereocenters. The summed E-state index contributed by atoms with van der Waals surface area (Å²) in [5.74, 6) is 0.715. The molecular weight excluding hydrogens is 386 g/mol. The number of carbonyl (C=O) groups excluding carboxylic acids is 1. The maximum absolute atomic E-state index is 12.0. The first-order valence-electron chi connectivity index (χ1n) is 10.3. The van der Waals surface area contributed by atoms with Gasteiger partial charge in [0.15, 0.2) is 5.96 Å². The first kappa shape index (κ1) is 21.9. The predicted molar refractivity (Wildman–Crippen MR) is 119 cm³/mol. The molecular formula is C21H33N5O2S. The molecule has 0 aromatic heterocycles. The number of likely N-dealkylation sites (N-methyl/N-ethyl adjacent to an activating group) is 1. The van der Waals surface area contributed by atoms with E-state index in [0.717, 1.165) is 45.9 Å². The Hall–Kier alpha value is -1.77. The minimum absolute atomic E-state index is 0.000856. The third kappa shape index (κ3) is 7.53. The number of hydrogen-bond acceptors (Lipinski definition) is 5. The van der Waals surface area contributed by atoms with Gasteiger partial charge in [0.05, 0.1) is 13.2 Å². The summed E-state index contributed by atoms with van der Waals surface area (Å²) in [6.45, 7) is 6.27. The summed E-state index contributed by atoms with van der Waals surface area (Å²) in [4.78, 5) is 21.7. The van der Waals surface area contributed by atoms with Gasteiger partial charge in [-0.25, -0.2) is 4.99 Å². The van der Waals surface area contributed by atoms with E-state index in [1.807, 2.05) is 17.8 Å². The molecule has 0 unspecified atom stereocenters. The fraction of sp³-hybridized carbons (Fsp3) is 0.619. The number of thioether (sulfide) groups is 1. The van der Waals surface area contributed by atoms with Crippen molar-refractivity contribution in [2.75, 3.05) is 66.6 Å². The van der Waals surface area contributed by atoms with Gasteiger partial charge < -0.3 is 20.3 Å². The number of morpholine rings is 1. The van der Waals surface area contributed by atoms with Crippen LogP contribution in [0.3, 0.4) is 0 Å². The number of aliphatic imine (C=N–C) groups is 1. The van der Waals surface area contributed by atoms with Crippen molar-refractivity contribution in [1.82, 2.24) is 20.4 Å².